The predicted molar refractivity (Wildman–Crippen MR) is 107 cm³/mol. The average molecular weight is 414 g/mol. The Morgan fingerprint density at radius 1 is 1.14 bits per heavy atom. The number of amides is 1. The Kier molecular flexibility index (Phi) is 6.46. The van der Waals surface area contributed by atoms with Gasteiger partial charge in [-0.2, -0.15) is 0 Å². The summed E-state index contributed by atoms with van der Waals surface area (Å²) >= 11 is 5.83. The Bertz CT molecular complexity index is 1060. The highest BCUT2D eigenvalue weighted by Gasteiger charge is 2.16. The number of carbonyl (C=O) groups is 2. The van der Waals surface area contributed by atoms with Crippen LogP contribution in [0.25, 0.3) is 10.9 Å². The molecule has 1 amide bonds. The summed E-state index contributed by atoms with van der Waals surface area (Å²) in [6.45, 7) is 0.0330. The number of azo groups is 1. The summed E-state index contributed by atoms with van der Waals surface area (Å²) in [6.07, 6.45) is 0.710. The van der Waals surface area contributed by atoms with Crippen LogP contribution in [0.3, 0.4) is 0 Å². The number of hydrogen-bond acceptors (Lipinski definition) is 6. The van der Waals surface area contributed by atoms with E-state index in [4.69, 9.17) is 11.6 Å². The van der Waals surface area contributed by atoms with Crippen LogP contribution in [0, 0.1) is 0 Å². The van der Waals surface area contributed by atoms with Gasteiger partial charge in [0, 0.05) is 29.1 Å². The lowest BCUT2D eigenvalue weighted by molar-refractivity contribution is -0.306. The Balaban J connectivity index is 1.62. The lowest BCUT2D eigenvalue weighted by atomic mass is 10.2. The molecule has 3 rings (SSSR count). The van der Waals surface area contributed by atoms with Crippen molar-refractivity contribution in [3.05, 3.63) is 53.6 Å². The average Bonchev–Trinajstić information content (AvgIpc) is 2.96. The highest BCUT2D eigenvalue weighted by Crippen LogP contribution is 2.38. The zero-order valence-electron chi connectivity index (χ0n) is 15.3. The number of aromatic nitrogens is 1. The second-order valence-corrected chi connectivity index (χ2v) is 6.71. The maximum Gasteiger partial charge on any atom is 0.264 e. The molecule has 8 nitrogen and oxygen atoms in total. The molecule has 0 unspecified atom stereocenters. The standard InChI is InChI=1S/C20H19ClN4O4/c21-13-7-9-14(10-8-13)22-11-3-6-17(26)23-24-19-15-4-1-2-5-16(15)25(20(19)29)12-18(27)28/h1-2,4-5,7-10,22,29H,3,6,11-12H2,(H,27,28)/p-1. The normalized spacial score (nSPS) is 11.2. The van der Waals surface area contributed by atoms with Gasteiger partial charge in [0.05, 0.1) is 18.0 Å². The van der Waals surface area contributed by atoms with E-state index in [-0.39, 0.29) is 18.0 Å². The molecule has 1 heterocycles. The first-order valence-electron chi connectivity index (χ1n) is 8.89. The van der Waals surface area contributed by atoms with Gasteiger partial charge < -0.3 is 24.9 Å². The van der Waals surface area contributed by atoms with Gasteiger partial charge >= 0.3 is 0 Å². The van der Waals surface area contributed by atoms with Gasteiger partial charge in [0.15, 0.2) is 5.69 Å². The molecule has 0 fully saturated rings. The number of carbonyl (C=O) groups excluding carboxylic acids is 2. The highest BCUT2D eigenvalue weighted by molar-refractivity contribution is 6.30. The number of aliphatic carboxylic acids is 1. The van der Waals surface area contributed by atoms with E-state index in [2.05, 4.69) is 15.5 Å². The monoisotopic (exact) mass is 413 g/mol. The van der Waals surface area contributed by atoms with Crippen molar-refractivity contribution in [3.8, 4) is 5.88 Å². The number of nitrogens with zero attached hydrogens (tertiary/aromatic N) is 3. The summed E-state index contributed by atoms with van der Waals surface area (Å²) in [5.41, 5.74) is 1.41. The molecule has 0 aliphatic carbocycles. The van der Waals surface area contributed by atoms with E-state index >= 15 is 0 Å². The fraction of sp³-hybridized carbons (Fsp3) is 0.200. The molecule has 3 aromatic rings. The number of benzene rings is 2. The van der Waals surface area contributed by atoms with Gasteiger partial charge in [0.2, 0.25) is 5.88 Å². The fourth-order valence-corrected chi connectivity index (χ4v) is 2.98. The third kappa shape index (κ3) is 5.11. The van der Waals surface area contributed by atoms with Crippen LogP contribution in [0.15, 0.2) is 58.8 Å². The molecule has 0 atom stereocenters. The molecule has 0 radical (unpaired) electrons. The Morgan fingerprint density at radius 2 is 1.86 bits per heavy atom. The van der Waals surface area contributed by atoms with E-state index in [1.807, 2.05) is 12.1 Å². The molecule has 1 aromatic heterocycles. The van der Waals surface area contributed by atoms with Crippen molar-refractivity contribution in [1.82, 2.24) is 4.57 Å². The molecular weight excluding hydrogens is 396 g/mol. The molecule has 2 aromatic carbocycles. The Hall–Kier alpha value is -3.39. The van der Waals surface area contributed by atoms with Crippen LogP contribution >= 0.6 is 11.6 Å². The zero-order valence-corrected chi connectivity index (χ0v) is 16.1. The van der Waals surface area contributed by atoms with Gasteiger partial charge in [0.1, 0.15) is 0 Å². The van der Waals surface area contributed by atoms with E-state index in [0.29, 0.717) is 28.9 Å². The summed E-state index contributed by atoms with van der Waals surface area (Å²) in [4.78, 5) is 22.9. The molecule has 0 bridgehead atoms. The number of rotatable bonds is 8. The smallest absolute Gasteiger partial charge is 0.264 e. The Morgan fingerprint density at radius 3 is 2.59 bits per heavy atom. The van der Waals surface area contributed by atoms with Gasteiger partial charge in [-0.3, -0.25) is 4.79 Å². The van der Waals surface area contributed by atoms with Gasteiger partial charge in [-0.15, -0.1) is 10.2 Å². The largest absolute Gasteiger partial charge is 0.548 e. The summed E-state index contributed by atoms with van der Waals surface area (Å²) in [7, 11) is 0. The van der Waals surface area contributed by atoms with Gasteiger partial charge in [0.25, 0.3) is 5.91 Å². The van der Waals surface area contributed by atoms with Crippen molar-refractivity contribution in [2.45, 2.75) is 19.4 Å². The van der Waals surface area contributed by atoms with E-state index in [1.165, 1.54) is 0 Å². The van der Waals surface area contributed by atoms with Crippen LogP contribution < -0.4 is 10.4 Å². The highest BCUT2D eigenvalue weighted by atomic mass is 35.5. The van der Waals surface area contributed by atoms with Crippen LogP contribution in [-0.4, -0.2) is 28.1 Å². The second kappa shape index (κ2) is 9.20. The van der Waals surface area contributed by atoms with Crippen molar-refractivity contribution in [3.63, 3.8) is 0 Å². The maximum absolute atomic E-state index is 12.0. The van der Waals surface area contributed by atoms with Crippen molar-refractivity contribution in [2.24, 2.45) is 10.2 Å². The van der Waals surface area contributed by atoms with Crippen LogP contribution in [-0.2, 0) is 16.1 Å². The van der Waals surface area contributed by atoms with Crippen LogP contribution in [0.5, 0.6) is 5.88 Å². The summed E-state index contributed by atoms with van der Waals surface area (Å²) in [5, 5.41) is 33.1. The molecule has 0 saturated heterocycles. The second-order valence-electron chi connectivity index (χ2n) is 6.28. The number of aromatic hydroxyl groups is 1. The van der Waals surface area contributed by atoms with Gasteiger partial charge in [-0.05, 0) is 36.8 Å². The van der Waals surface area contributed by atoms with E-state index in [1.54, 1.807) is 36.4 Å². The molecule has 150 valence electrons. The topological polar surface area (TPSA) is 119 Å². The summed E-state index contributed by atoms with van der Waals surface area (Å²) in [6, 6.07) is 13.9. The molecule has 0 spiro atoms. The number of carboxylic acids is 1. The lowest BCUT2D eigenvalue weighted by Gasteiger charge is -2.06. The molecule has 0 aliphatic rings. The zero-order chi connectivity index (χ0) is 20.8. The molecule has 0 saturated carbocycles. The van der Waals surface area contributed by atoms with Crippen molar-refractivity contribution in [1.29, 1.82) is 0 Å². The SMILES string of the molecule is O=C([O-])Cn1c(O)c(N=NC(=O)CCCNc2ccc(Cl)cc2)c2ccccc21. The summed E-state index contributed by atoms with van der Waals surface area (Å²) < 4.78 is 1.15. The van der Waals surface area contributed by atoms with Crippen LogP contribution in [0.2, 0.25) is 5.02 Å². The molecule has 0 aliphatic heterocycles. The first-order valence-corrected chi connectivity index (χ1v) is 9.27. The van der Waals surface area contributed by atoms with E-state index < -0.39 is 18.4 Å². The number of fused-ring (bicyclic) bond motifs is 1. The first kappa shape index (κ1) is 20.3. The number of carboxylic acid groups (broad SMARTS) is 1. The van der Waals surface area contributed by atoms with E-state index in [0.717, 1.165) is 10.3 Å². The van der Waals surface area contributed by atoms with Crippen molar-refractivity contribution in [2.75, 3.05) is 11.9 Å². The molecule has 9 heteroatoms. The third-order valence-corrected chi connectivity index (χ3v) is 4.46. The van der Waals surface area contributed by atoms with Crippen LogP contribution in [0.1, 0.15) is 12.8 Å². The number of nitrogens with one attached hydrogen (secondary N) is 1. The number of anilines is 1. The minimum atomic E-state index is -1.35. The number of halogens is 1. The van der Waals surface area contributed by atoms with Gasteiger partial charge in [-0.25, -0.2) is 0 Å². The fourth-order valence-electron chi connectivity index (χ4n) is 2.86. The molecule has 29 heavy (non-hydrogen) atoms. The first-order chi connectivity index (χ1) is 14.0. The maximum atomic E-state index is 12.0. The molecular formula is C20H18ClN4O4-. The quantitative estimate of drug-likeness (QED) is 0.434. The lowest BCUT2D eigenvalue weighted by Crippen LogP contribution is -2.27. The minimum absolute atomic E-state index is 0.0505. The third-order valence-electron chi connectivity index (χ3n) is 4.21. The van der Waals surface area contributed by atoms with Crippen molar-refractivity contribution < 1.29 is 19.8 Å². The Labute approximate surface area is 171 Å². The number of hydrogen-bond donors (Lipinski definition) is 2. The number of para-hydroxylation sites is 1. The summed E-state index contributed by atoms with van der Waals surface area (Å²) in [5.74, 6) is -2.18. The van der Waals surface area contributed by atoms with Gasteiger partial charge in [-0.1, -0.05) is 29.8 Å². The van der Waals surface area contributed by atoms with Crippen molar-refractivity contribution >= 4 is 45.8 Å². The predicted octanol–water partition coefficient (Wildman–Crippen LogP) is 3.25. The van der Waals surface area contributed by atoms with Crippen LogP contribution in [0.4, 0.5) is 11.4 Å². The van der Waals surface area contributed by atoms with E-state index in [9.17, 15) is 19.8 Å². The molecule has 2 N–H and O–H groups in total. The minimum Gasteiger partial charge on any atom is -0.548 e.